The van der Waals surface area contributed by atoms with Gasteiger partial charge in [-0.25, -0.2) is 8.78 Å². The molecule has 0 bridgehead atoms. The molecular weight excluding hydrogens is 681 g/mol. The van der Waals surface area contributed by atoms with Crippen LogP contribution in [0.1, 0.15) is 127 Å². The van der Waals surface area contributed by atoms with Crippen molar-refractivity contribution >= 4 is 35.0 Å². The predicted molar refractivity (Wildman–Crippen MR) is 194 cm³/mol. The van der Waals surface area contributed by atoms with Crippen molar-refractivity contribution in [3.63, 3.8) is 0 Å². The van der Waals surface area contributed by atoms with Gasteiger partial charge in [0.2, 0.25) is 11.8 Å². The summed E-state index contributed by atoms with van der Waals surface area (Å²) in [6.45, 7) is 7.72. The molecule has 2 aromatic rings. The number of piperidine rings is 2. The molecule has 4 heterocycles. The van der Waals surface area contributed by atoms with Gasteiger partial charge in [0.1, 0.15) is 11.6 Å². The number of hydrogen-bond acceptors (Lipinski definition) is 6. The maximum absolute atomic E-state index is 13.1. The van der Waals surface area contributed by atoms with Crippen LogP contribution >= 0.6 is 23.2 Å². The van der Waals surface area contributed by atoms with Gasteiger partial charge in [-0.2, -0.15) is 0 Å². The van der Waals surface area contributed by atoms with Crippen molar-refractivity contribution in [1.82, 2.24) is 31.2 Å². The zero-order valence-corrected chi connectivity index (χ0v) is 31.1. The number of amides is 2. The van der Waals surface area contributed by atoms with E-state index in [0.717, 1.165) is 115 Å². The van der Waals surface area contributed by atoms with Crippen molar-refractivity contribution in [1.29, 1.82) is 0 Å². The summed E-state index contributed by atoms with van der Waals surface area (Å²) in [6.07, 6.45) is 16.7. The first kappa shape index (κ1) is 38.8. The van der Waals surface area contributed by atoms with Crippen molar-refractivity contribution in [2.45, 2.75) is 127 Å². The third kappa shape index (κ3) is 11.3. The maximum atomic E-state index is 13.1. The zero-order chi connectivity index (χ0) is 35.7. The molecule has 2 aromatic heterocycles. The third-order valence-corrected chi connectivity index (χ3v) is 12.1. The first-order chi connectivity index (χ1) is 23.9. The van der Waals surface area contributed by atoms with E-state index in [1.165, 1.54) is 24.5 Å². The lowest BCUT2D eigenvalue weighted by Crippen LogP contribution is -2.52. The lowest BCUT2D eigenvalue weighted by Gasteiger charge is -2.35. The monoisotopic (exact) mass is 734 g/mol. The van der Waals surface area contributed by atoms with Crippen molar-refractivity contribution in [2.75, 3.05) is 26.2 Å². The van der Waals surface area contributed by atoms with Gasteiger partial charge >= 0.3 is 0 Å². The molecule has 4 N–H and O–H groups in total. The number of rotatable bonds is 10. The standard InChI is InChI=1S/2C19H27ClFN3O/c2*1-19(7-9-22-17(25)11-19)24-8-6-13-2-4-14(5-3-13)18-16(20)10-15(21)12-23-18/h2*10,12-14,24H,2-9,11H2,1H3,(H,22,25). The van der Waals surface area contributed by atoms with Crippen LogP contribution in [-0.2, 0) is 9.59 Å². The number of aromatic nitrogens is 2. The Kier molecular flexibility index (Phi) is 13.9. The molecule has 50 heavy (non-hydrogen) atoms. The number of hydrogen-bond donors (Lipinski definition) is 4. The molecule has 2 atom stereocenters. The smallest absolute Gasteiger partial charge is 0.221 e. The maximum Gasteiger partial charge on any atom is 0.221 e. The Labute approximate surface area is 306 Å². The Hall–Kier alpha value is -2.40. The molecule has 0 radical (unpaired) electrons. The fourth-order valence-corrected chi connectivity index (χ4v) is 8.94. The molecule has 2 aliphatic heterocycles. The zero-order valence-electron chi connectivity index (χ0n) is 29.6. The number of nitrogens with one attached hydrogen (secondary N) is 4. The average molecular weight is 736 g/mol. The number of carbonyl (C=O) groups excluding carboxylic acids is 2. The van der Waals surface area contributed by atoms with Gasteiger partial charge in [-0.1, -0.05) is 23.2 Å². The quantitative estimate of drug-likeness (QED) is 0.200. The van der Waals surface area contributed by atoms with Gasteiger partial charge in [-0.3, -0.25) is 19.6 Å². The van der Waals surface area contributed by atoms with E-state index in [4.69, 9.17) is 23.2 Å². The van der Waals surface area contributed by atoms with E-state index in [1.54, 1.807) is 0 Å². The van der Waals surface area contributed by atoms with Gasteiger partial charge in [0.05, 0.1) is 33.8 Å². The SMILES string of the molecule is CC1(NCCC2CCC(c3ncc(F)cc3Cl)CC2)CCNC(=O)C1.CC1(NCCC2CCC(c3ncc(F)cc3Cl)CC2)CCNC(=O)C1. The van der Waals surface area contributed by atoms with E-state index in [-0.39, 0.29) is 34.5 Å². The highest BCUT2D eigenvalue weighted by atomic mass is 35.5. The normalized spacial score (nSPS) is 30.1. The van der Waals surface area contributed by atoms with Crippen LogP contribution in [0.25, 0.3) is 0 Å². The highest BCUT2D eigenvalue weighted by Gasteiger charge is 2.32. The molecule has 6 rings (SSSR count). The summed E-state index contributed by atoms with van der Waals surface area (Å²) in [5.74, 6) is 1.62. The molecule has 2 saturated carbocycles. The van der Waals surface area contributed by atoms with E-state index < -0.39 is 0 Å². The lowest BCUT2D eigenvalue weighted by atomic mass is 9.79. The van der Waals surface area contributed by atoms with Gasteiger partial charge in [0.25, 0.3) is 0 Å². The summed E-state index contributed by atoms with van der Waals surface area (Å²) < 4.78 is 26.3. The fourth-order valence-electron chi connectivity index (χ4n) is 8.32. The van der Waals surface area contributed by atoms with E-state index >= 15 is 0 Å². The Morgan fingerprint density at radius 2 is 1.08 bits per heavy atom. The van der Waals surface area contributed by atoms with Crippen LogP contribution in [0.15, 0.2) is 24.5 Å². The summed E-state index contributed by atoms with van der Waals surface area (Å²) in [5.41, 5.74) is 1.57. The highest BCUT2D eigenvalue weighted by Crippen LogP contribution is 2.40. The minimum atomic E-state index is -0.376. The van der Waals surface area contributed by atoms with Gasteiger partial charge < -0.3 is 21.3 Å². The number of halogens is 4. The Morgan fingerprint density at radius 3 is 1.42 bits per heavy atom. The molecule has 0 spiro atoms. The Morgan fingerprint density at radius 1 is 0.700 bits per heavy atom. The van der Waals surface area contributed by atoms with E-state index in [2.05, 4.69) is 45.1 Å². The van der Waals surface area contributed by atoms with Gasteiger partial charge in [0.15, 0.2) is 0 Å². The molecule has 4 fully saturated rings. The molecule has 2 saturated heterocycles. The molecule has 8 nitrogen and oxygen atoms in total. The topological polar surface area (TPSA) is 108 Å². The van der Waals surface area contributed by atoms with Gasteiger partial charge in [-0.05, 0) is 128 Å². The van der Waals surface area contributed by atoms with Crippen molar-refractivity contribution in [3.8, 4) is 0 Å². The average Bonchev–Trinajstić information content (AvgIpc) is 3.06. The van der Waals surface area contributed by atoms with E-state index in [0.29, 0.717) is 46.6 Å². The van der Waals surface area contributed by atoms with Gasteiger partial charge in [0, 0.05) is 48.8 Å². The molecule has 2 unspecified atom stereocenters. The molecular formula is C38H54Cl2F2N6O2. The minimum Gasteiger partial charge on any atom is -0.356 e. The van der Waals surface area contributed by atoms with Crippen molar-refractivity contribution in [2.24, 2.45) is 11.8 Å². The number of pyridine rings is 2. The summed E-state index contributed by atoms with van der Waals surface area (Å²) in [5, 5.41) is 13.9. The first-order valence-electron chi connectivity index (χ1n) is 18.6. The predicted octanol–water partition coefficient (Wildman–Crippen LogP) is 7.59. The summed E-state index contributed by atoms with van der Waals surface area (Å²) in [6, 6.07) is 2.72. The van der Waals surface area contributed by atoms with Crippen LogP contribution < -0.4 is 21.3 Å². The molecule has 2 aliphatic carbocycles. The van der Waals surface area contributed by atoms with E-state index in [1.807, 2.05) is 0 Å². The van der Waals surface area contributed by atoms with Crippen LogP contribution in [0.4, 0.5) is 8.78 Å². The Balaban J connectivity index is 0.000000194. The molecule has 2 amide bonds. The summed E-state index contributed by atoms with van der Waals surface area (Å²) in [7, 11) is 0. The van der Waals surface area contributed by atoms with Crippen LogP contribution in [0, 0.1) is 23.5 Å². The first-order valence-corrected chi connectivity index (χ1v) is 19.3. The Bertz CT molecular complexity index is 1340. The second-order valence-corrected chi connectivity index (χ2v) is 16.4. The summed E-state index contributed by atoms with van der Waals surface area (Å²) >= 11 is 12.3. The molecule has 276 valence electrons. The van der Waals surface area contributed by atoms with Crippen LogP contribution in [-0.4, -0.2) is 59.0 Å². The van der Waals surface area contributed by atoms with Crippen LogP contribution in [0.3, 0.4) is 0 Å². The van der Waals surface area contributed by atoms with Crippen LogP contribution in [0.2, 0.25) is 10.0 Å². The van der Waals surface area contributed by atoms with E-state index in [9.17, 15) is 18.4 Å². The molecule has 0 aromatic carbocycles. The molecule has 12 heteroatoms. The highest BCUT2D eigenvalue weighted by molar-refractivity contribution is 6.31. The number of carbonyl (C=O) groups is 2. The minimum absolute atomic E-state index is 0.0644. The second-order valence-electron chi connectivity index (χ2n) is 15.6. The van der Waals surface area contributed by atoms with Crippen molar-refractivity contribution in [3.05, 3.63) is 57.6 Å². The largest absolute Gasteiger partial charge is 0.356 e. The number of nitrogens with zero attached hydrogens (tertiary/aromatic N) is 2. The fraction of sp³-hybridized carbons (Fsp3) is 0.684. The van der Waals surface area contributed by atoms with Crippen molar-refractivity contribution < 1.29 is 18.4 Å². The molecule has 4 aliphatic rings. The van der Waals surface area contributed by atoms with Gasteiger partial charge in [-0.15, -0.1) is 0 Å². The van der Waals surface area contributed by atoms with Crippen LogP contribution in [0.5, 0.6) is 0 Å². The third-order valence-electron chi connectivity index (χ3n) is 11.4. The summed E-state index contributed by atoms with van der Waals surface area (Å²) in [4.78, 5) is 31.6. The lowest BCUT2D eigenvalue weighted by molar-refractivity contribution is -0.125. The second kappa shape index (κ2) is 17.9.